The van der Waals surface area contributed by atoms with E-state index in [9.17, 15) is 0 Å². The van der Waals surface area contributed by atoms with Crippen LogP contribution < -0.4 is 11.5 Å². The van der Waals surface area contributed by atoms with Crippen molar-refractivity contribution in [3.8, 4) is 0 Å². The van der Waals surface area contributed by atoms with Crippen molar-refractivity contribution in [3.05, 3.63) is 24.7 Å². The number of hydrogen-bond acceptors (Lipinski definition) is 4. The third-order valence-corrected chi connectivity index (χ3v) is 1.68. The van der Waals surface area contributed by atoms with E-state index < -0.39 is 0 Å². The summed E-state index contributed by atoms with van der Waals surface area (Å²) in [6.07, 6.45) is 3.15. The van der Waals surface area contributed by atoms with Gasteiger partial charge in [-0.2, -0.15) is 0 Å². The highest BCUT2D eigenvalue weighted by Gasteiger charge is 1.99. The van der Waals surface area contributed by atoms with Crippen molar-refractivity contribution in [2.24, 2.45) is 0 Å². The highest BCUT2D eigenvalue weighted by Crippen LogP contribution is 2.20. The molecule has 0 unspecified atom stereocenters. The molecule has 0 amide bonds. The summed E-state index contributed by atoms with van der Waals surface area (Å²) in [6.45, 7) is 0. The molecular weight excluding hydrogens is 152 g/mol. The van der Waals surface area contributed by atoms with Crippen LogP contribution in [-0.4, -0.2) is 9.97 Å². The first-order valence-corrected chi connectivity index (χ1v) is 3.52. The highest BCUT2D eigenvalue weighted by molar-refractivity contribution is 5.92. The average Bonchev–Trinajstić information content (AvgIpc) is 2.04. The van der Waals surface area contributed by atoms with Crippen LogP contribution in [0.3, 0.4) is 0 Å². The third-order valence-electron chi connectivity index (χ3n) is 1.68. The molecule has 0 saturated carbocycles. The summed E-state index contributed by atoms with van der Waals surface area (Å²) in [5.74, 6) is 0. The molecule has 2 rings (SSSR count). The number of anilines is 2. The summed E-state index contributed by atoms with van der Waals surface area (Å²) in [4.78, 5) is 7.90. The van der Waals surface area contributed by atoms with E-state index in [2.05, 4.69) is 9.97 Å². The zero-order valence-electron chi connectivity index (χ0n) is 6.36. The largest absolute Gasteiger partial charge is 0.399 e. The van der Waals surface area contributed by atoms with Gasteiger partial charge in [-0.1, -0.05) is 0 Å². The number of nitrogens with two attached hydrogens (primary N) is 2. The predicted molar refractivity (Wildman–Crippen MR) is 48.4 cm³/mol. The average molecular weight is 160 g/mol. The molecule has 0 bridgehead atoms. The second kappa shape index (κ2) is 2.34. The molecule has 1 aromatic carbocycles. The van der Waals surface area contributed by atoms with Crippen LogP contribution in [-0.2, 0) is 0 Å². The number of aromatic nitrogens is 2. The van der Waals surface area contributed by atoms with Crippen LogP contribution in [0, 0.1) is 0 Å². The molecule has 1 aromatic heterocycles. The number of hydrogen-bond donors (Lipinski definition) is 2. The lowest BCUT2D eigenvalue weighted by Gasteiger charge is -2.01. The minimum atomic E-state index is 0.616. The van der Waals surface area contributed by atoms with Crippen LogP contribution in [0.25, 0.3) is 10.9 Å². The van der Waals surface area contributed by atoms with Gasteiger partial charge in [0.1, 0.15) is 6.33 Å². The molecule has 60 valence electrons. The summed E-state index contributed by atoms with van der Waals surface area (Å²) in [5.41, 5.74) is 13.3. The maximum atomic E-state index is 5.70. The van der Waals surface area contributed by atoms with Gasteiger partial charge in [-0.15, -0.1) is 0 Å². The first-order chi connectivity index (χ1) is 5.77. The Balaban J connectivity index is 2.89. The highest BCUT2D eigenvalue weighted by atomic mass is 14.8. The fourth-order valence-electron chi connectivity index (χ4n) is 1.13. The molecule has 4 nitrogen and oxygen atoms in total. The molecule has 4 N–H and O–H groups in total. The summed E-state index contributed by atoms with van der Waals surface area (Å²) >= 11 is 0. The monoisotopic (exact) mass is 160 g/mol. The smallest absolute Gasteiger partial charge is 0.116 e. The van der Waals surface area contributed by atoms with Gasteiger partial charge < -0.3 is 11.5 Å². The SMILES string of the molecule is Nc1cc(N)c2cncnc2c1. The van der Waals surface area contributed by atoms with Gasteiger partial charge in [-0.3, -0.25) is 0 Å². The summed E-state index contributed by atoms with van der Waals surface area (Å²) in [7, 11) is 0. The Morgan fingerprint density at radius 2 is 2.00 bits per heavy atom. The van der Waals surface area contributed by atoms with Crippen LogP contribution in [0.5, 0.6) is 0 Å². The molecule has 1 heterocycles. The number of fused-ring (bicyclic) bond motifs is 1. The van der Waals surface area contributed by atoms with Crippen LogP contribution in [0.1, 0.15) is 0 Å². The number of nitrogens with zero attached hydrogens (tertiary/aromatic N) is 2. The predicted octanol–water partition coefficient (Wildman–Crippen LogP) is 0.794. The molecule has 12 heavy (non-hydrogen) atoms. The Kier molecular flexibility index (Phi) is 1.33. The summed E-state index contributed by atoms with van der Waals surface area (Å²) in [5, 5.41) is 0.840. The Morgan fingerprint density at radius 3 is 2.83 bits per heavy atom. The van der Waals surface area contributed by atoms with Crippen molar-refractivity contribution in [1.29, 1.82) is 0 Å². The fourth-order valence-corrected chi connectivity index (χ4v) is 1.13. The molecule has 0 atom stereocenters. The van der Waals surface area contributed by atoms with E-state index in [0.717, 1.165) is 10.9 Å². The molecule has 0 spiro atoms. The van der Waals surface area contributed by atoms with E-state index in [-0.39, 0.29) is 0 Å². The molecular formula is C8H8N4. The minimum absolute atomic E-state index is 0.616. The first-order valence-electron chi connectivity index (χ1n) is 3.52. The normalized spacial score (nSPS) is 10.3. The van der Waals surface area contributed by atoms with E-state index in [1.54, 1.807) is 18.3 Å². The zero-order chi connectivity index (χ0) is 8.55. The topological polar surface area (TPSA) is 77.8 Å². The molecule has 0 aliphatic carbocycles. The van der Waals surface area contributed by atoms with Crippen LogP contribution >= 0.6 is 0 Å². The Hall–Kier alpha value is -1.84. The standard InChI is InChI=1S/C8H8N4/c9-5-1-7(10)6-3-11-4-12-8(6)2-5/h1-4H,9-10H2. The molecule has 0 fully saturated rings. The van der Waals surface area contributed by atoms with E-state index in [1.165, 1.54) is 6.33 Å². The van der Waals surface area contributed by atoms with Gasteiger partial charge in [-0.25, -0.2) is 9.97 Å². The molecule has 0 radical (unpaired) electrons. The van der Waals surface area contributed by atoms with Gasteiger partial charge in [0.2, 0.25) is 0 Å². The van der Waals surface area contributed by atoms with Crippen LogP contribution in [0.4, 0.5) is 11.4 Å². The second-order valence-electron chi connectivity index (χ2n) is 2.57. The van der Waals surface area contributed by atoms with E-state index in [1.807, 2.05) is 0 Å². The van der Waals surface area contributed by atoms with Crippen molar-refractivity contribution >= 4 is 22.3 Å². The van der Waals surface area contributed by atoms with Gasteiger partial charge in [-0.05, 0) is 12.1 Å². The van der Waals surface area contributed by atoms with E-state index >= 15 is 0 Å². The molecule has 0 aliphatic rings. The van der Waals surface area contributed by atoms with Gasteiger partial charge in [0.05, 0.1) is 5.52 Å². The maximum Gasteiger partial charge on any atom is 0.116 e. The maximum absolute atomic E-state index is 5.70. The Labute approximate surface area is 69.2 Å². The van der Waals surface area contributed by atoms with Crippen molar-refractivity contribution in [3.63, 3.8) is 0 Å². The third kappa shape index (κ3) is 0.934. The van der Waals surface area contributed by atoms with E-state index in [4.69, 9.17) is 11.5 Å². The van der Waals surface area contributed by atoms with Crippen molar-refractivity contribution in [1.82, 2.24) is 9.97 Å². The first kappa shape index (κ1) is 6.84. The van der Waals surface area contributed by atoms with Gasteiger partial charge in [0.25, 0.3) is 0 Å². The van der Waals surface area contributed by atoms with Crippen LogP contribution in [0.2, 0.25) is 0 Å². The lowest BCUT2D eigenvalue weighted by molar-refractivity contribution is 1.22. The van der Waals surface area contributed by atoms with Gasteiger partial charge >= 0.3 is 0 Å². The van der Waals surface area contributed by atoms with Crippen molar-refractivity contribution in [2.45, 2.75) is 0 Å². The molecule has 0 aliphatic heterocycles. The Morgan fingerprint density at radius 1 is 1.17 bits per heavy atom. The number of rotatable bonds is 0. The quantitative estimate of drug-likeness (QED) is 0.558. The summed E-state index contributed by atoms with van der Waals surface area (Å²) < 4.78 is 0. The molecule has 2 aromatic rings. The van der Waals surface area contributed by atoms with Crippen LogP contribution in [0.15, 0.2) is 24.7 Å². The molecule has 4 heteroatoms. The van der Waals surface area contributed by atoms with Crippen molar-refractivity contribution in [2.75, 3.05) is 11.5 Å². The second-order valence-corrected chi connectivity index (χ2v) is 2.57. The zero-order valence-corrected chi connectivity index (χ0v) is 6.36. The van der Waals surface area contributed by atoms with E-state index in [0.29, 0.717) is 11.4 Å². The van der Waals surface area contributed by atoms with Crippen molar-refractivity contribution < 1.29 is 0 Å². The Bertz CT molecular complexity index is 424. The number of nitrogen functional groups attached to an aromatic ring is 2. The lowest BCUT2D eigenvalue weighted by Crippen LogP contribution is -1.93. The molecule has 0 saturated heterocycles. The number of benzene rings is 1. The fraction of sp³-hybridized carbons (Fsp3) is 0. The van der Waals surface area contributed by atoms with Gasteiger partial charge in [0, 0.05) is 23.0 Å². The van der Waals surface area contributed by atoms with Gasteiger partial charge in [0.15, 0.2) is 0 Å². The minimum Gasteiger partial charge on any atom is -0.399 e. The summed E-state index contributed by atoms with van der Waals surface area (Å²) in [6, 6.07) is 3.47. The lowest BCUT2D eigenvalue weighted by atomic mass is 10.2.